The molecular weight excluding hydrogens is 222 g/mol. The van der Waals surface area contributed by atoms with Crippen molar-refractivity contribution in [1.82, 2.24) is 4.90 Å². The summed E-state index contributed by atoms with van der Waals surface area (Å²) in [6.07, 6.45) is 0. The first-order valence-corrected chi connectivity index (χ1v) is 6.08. The fourth-order valence-corrected chi connectivity index (χ4v) is 2.06. The molecule has 0 aromatic heterocycles. The maximum atomic E-state index is 5.50. The van der Waals surface area contributed by atoms with Gasteiger partial charge < -0.3 is 9.64 Å². The van der Waals surface area contributed by atoms with Crippen LogP contribution >= 0.6 is 0 Å². The van der Waals surface area contributed by atoms with E-state index < -0.39 is 0 Å². The van der Waals surface area contributed by atoms with Gasteiger partial charge in [0.15, 0.2) is 0 Å². The van der Waals surface area contributed by atoms with Gasteiger partial charge in [0.25, 0.3) is 0 Å². The lowest BCUT2D eigenvalue weighted by atomic mass is 10.0. The summed E-state index contributed by atoms with van der Waals surface area (Å²) < 4.78 is 5.50. The first-order chi connectivity index (χ1) is 8.70. The van der Waals surface area contributed by atoms with Crippen LogP contribution in [0.15, 0.2) is 48.5 Å². The number of methoxy groups -OCH3 is 1. The van der Waals surface area contributed by atoms with Gasteiger partial charge in [-0.25, -0.2) is 0 Å². The molecular formula is C16H19NO. The van der Waals surface area contributed by atoms with Gasteiger partial charge >= 0.3 is 0 Å². The van der Waals surface area contributed by atoms with Crippen molar-refractivity contribution in [2.24, 2.45) is 0 Å². The first-order valence-electron chi connectivity index (χ1n) is 6.08. The van der Waals surface area contributed by atoms with E-state index in [-0.39, 0.29) is 0 Å². The number of nitrogens with zero attached hydrogens (tertiary/aromatic N) is 1. The number of hydrogen-bond acceptors (Lipinski definition) is 2. The predicted octanol–water partition coefficient (Wildman–Crippen LogP) is 3.42. The Morgan fingerprint density at radius 3 is 2.33 bits per heavy atom. The summed E-state index contributed by atoms with van der Waals surface area (Å²) in [5, 5.41) is 0. The van der Waals surface area contributed by atoms with E-state index >= 15 is 0 Å². The topological polar surface area (TPSA) is 12.5 Å². The lowest BCUT2D eigenvalue weighted by molar-refractivity contribution is 0.396. The Balaban J connectivity index is 2.38. The highest BCUT2D eigenvalue weighted by Crippen LogP contribution is 2.30. The van der Waals surface area contributed by atoms with Crippen molar-refractivity contribution in [2.75, 3.05) is 21.2 Å². The molecule has 0 spiro atoms. The summed E-state index contributed by atoms with van der Waals surface area (Å²) in [4.78, 5) is 2.15. The molecule has 0 aliphatic carbocycles. The average Bonchev–Trinajstić information content (AvgIpc) is 2.39. The molecule has 2 heteroatoms. The van der Waals surface area contributed by atoms with Crippen molar-refractivity contribution in [3.05, 3.63) is 54.1 Å². The maximum absolute atomic E-state index is 5.50. The van der Waals surface area contributed by atoms with E-state index in [1.54, 1.807) is 7.11 Å². The average molecular weight is 241 g/mol. The Morgan fingerprint density at radius 2 is 1.72 bits per heavy atom. The van der Waals surface area contributed by atoms with Gasteiger partial charge in [-0.3, -0.25) is 0 Å². The van der Waals surface area contributed by atoms with Crippen LogP contribution in [0.25, 0.3) is 11.1 Å². The molecule has 0 N–H and O–H groups in total. The monoisotopic (exact) mass is 241 g/mol. The SMILES string of the molecule is COc1cc(CN(C)C)ccc1-c1ccccc1. The summed E-state index contributed by atoms with van der Waals surface area (Å²) in [6.45, 7) is 0.922. The zero-order valence-electron chi connectivity index (χ0n) is 11.2. The molecule has 0 atom stereocenters. The van der Waals surface area contributed by atoms with E-state index in [1.165, 1.54) is 11.1 Å². The van der Waals surface area contributed by atoms with Crippen molar-refractivity contribution in [3.8, 4) is 16.9 Å². The van der Waals surface area contributed by atoms with E-state index in [0.717, 1.165) is 17.9 Å². The van der Waals surface area contributed by atoms with E-state index in [4.69, 9.17) is 4.74 Å². The molecule has 0 bridgehead atoms. The third-order valence-electron chi connectivity index (χ3n) is 2.85. The summed E-state index contributed by atoms with van der Waals surface area (Å²) in [6, 6.07) is 16.7. The second-order valence-corrected chi connectivity index (χ2v) is 4.64. The number of benzene rings is 2. The van der Waals surface area contributed by atoms with Crippen molar-refractivity contribution >= 4 is 0 Å². The Bertz CT molecular complexity index is 506. The smallest absolute Gasteiger partial charge is 0.127 e. The first kappa shape index (κ1) is 12.7. The Kier molecular flexibility index (Phi) is 4.00. The van der Waals surface area contributed by atoms with Gasteiger partial charge in [-0.15, -0.1) is 0 Å². The van der Waals surface area contributed by atoms with Gasteiger partial charge in [-0.1, -0.05) is 42.5 Å². The van der Waals surface area contributed by atoms with Crippen LogP contribution in [0.5, 0.6) is 5.75 Å². The predicted molar refractivity (Wildman–Crippen MR) is 75.8 cm³/mol. The Labute approximate surface area is 109 Å². The summed E-state index contributed by atoms with van der Waals surface area (Å²) in [5.41, 5.74) is 3.59. The van der Waals surface area contributed by atoms with E-state index in [1.807, 2.05) is 18.2 Å². The highest BCUT2D eigenvalue weighted by atomic mass is 16.5. The van der Waals surface area contributed by atoms with Crippen LogP contribution in [-0.4, -0.2) is 26.1 Å². The van der Waals surface area contributed by atoms with Gasteiger partial charge in [0.05, 0.1) is 7.11 Å². The second kappa shape index (κ2) is 5.69. The van der Waals surface area contributed by atoms with Crippen LogP contribution < -0.4 is 4.74 Å². The van der Waals surface area contributed by atoms with E-state index in [0.29, 0.717) is 0 Å². The van der Waals surface area contributed by atoms with Crippen LogP contribution in [0.4, 0.5) is 0 Å². The number of hydrogen-bond donors (Lipinski definition) is 0. The molecule has 0 saturated heterocycles. The van der Waals surface area contributed by atoms with Crippen molar-refractivity contribution in [3.63, 3.8) is 0 Å². The van der Waals surface area contributed by atoms with Crippen molar-refractivity contribution in [2.45, 2.75) is 6.54 Å². The molecule has 2 aromatic rings. The molecule has 2 rings (SSSR count). The van der Waals surface area contributed by atoms with Crippen molar-refractivity contribution in [1.29, 1.82) is 0 Å². The summed E-state index contributed by atoms with van der Waals surface area (Å²) >= 11 is 0. The van der Waals surface area contributed by atoms with Gasteiger partial charge in [0.2, 0.25) is 0 Å². The van der Waals surface area contributed by atoms with E-state index in [9.17, 15) is 0 Å². The lowest BCUT2D eigenvalue weighted by Crippen LogP contribution is -2.10. The maximum Gasteiger partial charge on any atom is 0.127 e. The van der Waals surface area contributed by atoms with Gasteiger partial charge in [0, 0.05) is 12.1 Å². The highest BCUT2D eigenvalue weighted by Gasteiger charge is 2.06. The standard InChI is InChI=1S/C16H19NO/c1-17(2)12-13-9-10-15(16(11-13)18-3)14-7-5-4-6-8-14/h4-11H,12H2,1-3H3. The van der Waals surface area contributed by atoms with Crippen LogP contribution in [0.1, 0.15) is 5.56 Å². The molecule has 0 amide bonds. The number of ether oxygens (including phenoxy) is 1. The minimum Gasteiger partial charge on any atom is -0.496 e. The third kappa shape index (κ3) is 2.90. The van der Waals surface area contributed by atoms with Crippen molar-refractivity contribution < 1.29 is 4.74 Å². The normalized spacial score (nSPS) is 10.7. The van der Waals surface area contributed by atoms with Crippen LogP contribution in [-0.2, 0) is 6.54 Å². The zero-order valence-corrected chi connectivity index (χ0v) is 11.2. The minimum absolute atomic E-state index is 0.922. The molecule has 0 saturated carbocycles. The fourth-order valence-electron chi connectivity index (χ4n) is 2.06. The molecule has 2 aromatic carbocycles. The quantitative estimate of drug-likeness (QED) is 0.813. The van der Waals surface area contributed by atoms with Gasteiger partial charge in [-0.2, -0.15) is 0 Å². The summed E-state index contributed by atoms with van der Waals surface area (Å²) in [5.74, 6) is 0.931. The third-order valence-corrected chi connectivity index (χ3v) is 2.85. The molecule has 0 aliphatic heterocycles. The molecule has 18 heavy (non-hydrogen) atoms. The zero-order chi connectivity index (χ0) is 13.0. The molecule has 94 valence electrons. The van der Waals surface area contributed by atoms with Gasteiger partial charge in [-0.05, 0) is 31.3 Å². The molecule has 0 heterocycles. The van der Waals surface area contributed by atoms with E-state index in [2.05, 4.69) is 49.3 Å². The lowest BCUT2D eigenvalue weighted by Gasteiger charge is -2.13. The minimum atomic E-state index is 0.922. The molecule has 0 fully saturated rings. The number of rotatable bonds is 4. The van der Waals surface area contributed by atoms with Crippen LogP contribution in [0, 0.1) is 0 Å². The highest BCUT2D eigenvalue weighted by molar-refractivity contribution is 5.70. The fraction of sp³-hybridized carbons (Fsp3) is 0.250. The molecule has 0 aliphatic rings. The Hall–Kier alpha value is -1.80. The Morgan fingerprint density at radius 1 is 1.00 bits per heavy atom. The van der Waals surface area contributed by atoms with Crippen LogP contribution in [0.3, 0.4) is 0 Å². The molecule has 0 unspecified atom stereocenters. The van der Waals surface area contributed by atoms with Gasteiger partial charge in [0.1, 0.15) is 5.75 Å². The largest absolute Gasteiger partial charge is 0.496 e. The molecule has 2 nitrogen and oxygen atoms in total. The van der Waals surface area contributed by atoms with Crippen LogP contribution in [0.2, 0.25) is 0 Å². The molecule has 0 radical (unpaired) electrons. The summed E-state index contributed by atoms with van der Waals surface area (Å²) in [7, 11) is 5.86. The second-order valence-electron chi connectivity index (χ2n) is 4.64.